The lowest BCUT2D eigenvalue weighted by molar-refractivity contribution is 0.279. The summed E-state index contributed by atoms with van der Waals surface area (Å²) in [6.45, 7) is 0.723. The molecular formula is C16H16O3S. The molecule has 0 aliphatic carbocycles. The lowest BCUT2D eigenvalue weighted by Crippen LogP contribution is -2.08. The van der Waals surface area contributed by atoms with E-state index in [2.05, 4.69) is 0 Å². The second kappa shape index (κ2) is 5.77. The SMILES string of the molecule is OCc1ccccc1Sc1cc2c(cc1O)CCCO2. The van der Waals surface area contributed by atoms with Crippen LogP contribution in [0.3, 0.4) is 0 Å². The van der Waals surface area contributed by atoms with Crippen molar-refractivity contribution in [2.45, 2.75) is 29.2 Å². The smallest absolute Gasteiger partial charge is 0.130 e. The molecule has 0 saturated heterocycles. The number of aliphatic hydroxyl groups is 1. The van der Waals surface area contributed by atoms with Gasteiger partial charge in [-0.05, 0) is 42.2 Å². The molecule has 0 aromatic heterocycles. The van der Waals surface area contributed by atoms with Gasteiger partial charge in [-0.2, -0.15) is 0 Å². The van der Waals surface area contributed by atoms with Gasteiger partial charge in [0.1, 0.15) is 11.5 Å². The Hall–Kier alpha value is -1.65. The van der Waals surface area contributed by atoms with E-state index in [-0.39, 0.29) is 12.4 Å². The van der Waals surface area contributed by atoms with Gasteiger partial charge in [0.25, 0.3) is 0 Å². The minimum atomic E-state index is -0.00856. The monoisotopic (exact) mass is 288 g/mol. The Morgan fingerprint density at radius 2 is 2.00 bits per heavy atom. The largest absolute Gasteiger partial charge is 0.507 e. The van der Waals surface area contributed by atoms with Crippen molar-refractivity contribution in [2.75, 3.05) is 6.61 Å². The zero-order valence-electron chi connectivity index (χ0n) is 11.0. The van der Waals surface area contributed by atoms with Crippen molar-refractivity contribution in [1.29, 1.82) is 0 Å². The van der Waals surface area contributed by atoms with E-state index >= 15 is 0 Å². The van der Waals surface area contributed by atoms with Crippen LogP contribution in [0.4, 0.5) is 0 Å². The number of phenolic OH excluding ortho intramolecular Hbond substituents is 1. The summed E-state index contributed by atoms with van der Waals surface area (Å²) in [6.07, 6.45) is 1.94. The van der Waals surface area contributed by atoms with Crippen molar-refractivity contribution in [2.24, 2.45) is 0 Å². The summed E-state index contributed by atoms with van der Waals surface area (Å²) in [6, 6.07) is 11.3. The maximum atomic E-state index is 10.2. The van der Waals surface area contributed by atoms with Crippen LogP contribution in [-0.4, -0.2) is 16.8 Å². The molecule has 104 valence electrons. The van der Waals surface area contributed by atoms with Gasteiger partial charge in [-0.1, -0.05) is 30.0 Å². The number of aryl methyl sites for hydroxylation is 1. The van der Waals surface area contributed by atoms with E-state index in [1.807, 2.05) is 30.3 Å². The van der Waals surface area contributed by atoms with Gasteiger partial charge in [0.2, 0.25) is 0 Å². The number of hydrogen-bond donors (Lipinski definition) is 2. The second-order valence-electron chi connectivity index (χ2n) is 4.75. The van der Waals surface area contributed by atoms with E-state index in [0.717, 1.165) is 46.1 Å². The fraction of sp³-hybridized carbons (Fsp3) is 0.250. The summed E-state index contributed by atoms with van der Waals surface area (Å²) < 4.78 is 5.64. The van der Waals surface area contributed by atoms with Crippen molar-refractivity contribution in [3.8, 4) is 11.5 Å². The fourth-order valence-corrected chi connectivity index (χ4v) is 3.28. The summed E-state index contributed by atoms with van der Waals surface area (Å²) >= 11 is 1.45. The Morgan fingerprint density at radius 3 is 2.85 bits per heavy atom. The van der Waals surface area contributed by atoms with E-state index in [9.17, 15) is 10.2 Å². The normalized spacial score (nSPS) is 13.7. The van der Waals surface area contributed by atoms with Crippen LogP contribution in [0.15, 0.2) is 46.2 Å². The molecule has 0 saturated carbocycles. The van der Waals surface area contributed by atoms with Crippen LogP contribution in [0.2, 0.25) is 0 Å². The van der Waals surface area contributed by atoms with E-state index < -0.39 is 0 Å². The van der Waals surface area contributed by atoms with E-state index in [0.29, 0.717) is 0 Å². The highest BCUT2D eigenvalue weighted by molar-refractivity contribution is 7.99. The molecule has 0 fully saturated rings. The van der Waals surface area contributed by atoms with E-state index in [4.69, 9.17) is 4.74 Å². The minimum Gasteiger partial charge on any atom is -0.507 e. The minimum absolute atomic E-state index is 0.00856. The number of rotatable bonds is 3. The predicted octanol–water partition coefficient (Wildman–Crippen LogP) is 3.36. The highest BCUT2D eigenvalue weighted by Gasteiger charge is 2.15. The highest BCUT2D eigenvalue weighted by Crippen LogP contribution is 2.41. The standard InChI is InChI=1S/C16H16O3S/c17-10-12-4-1-2-6-15(12)20-16-9-14-11(8-13(16)18)5-3-7-19-14/h1-2,4,6,8-9,17-18H,3,5,7,10H2. The first kappa shape index (κ1) is 13.3. The number of aliphatic hydroxyl groups excluding tert-OH is 1. The zero-order chi connectivity index (χ0) is 13.9. The fourth-order valence-electron chi connectivity index (χ4n) is 2.30. The number of hydrogen-bond acceptors (Lipinski definition) is 4. The third-order valence-corrected chi connectivity index (χ3v) is 4.52. The van der Waals surface area contributed by atoms with Crippen LogP contribution in [0.25, 0.3) is 0 Å². The molecule has 4 heteroatoms. The van der Waals surface area contributed by atoms with Crippen LogP contribution < -0.4 is 4.74 Å². The Morgan fingerprint density at radius 1 is 1.15 bits per heavy atom. The quantitative estimate of drug-likeness (QED) is 0.909. The topological polar surface area (TPSA) is 49.7 Å². The number of ether oxygens (including phenoxy) is 1. The molecule has 20 heavy (non-hydrogen) atoms. The molecule has 1 heterocycles. The van der Waals surface area contributed by atoms with Crippen LogP contribution in [0, 0.1) is 0 Å². The summed E-state index contributed by atoms with van der Waals surface area (Å²) in [5, 5.41) is 19.5. The molecule has 1 aliphatic rings. The molecule has 2 aromatic rings. The van der Waals surface area contributed by atoms with Crippen molar-refractivity contribution in [3.05, 3.63) is 47.5 Å². The molecule has 2 aromatic carbocycles. The highest BCUT2D eigenvalue weighted by atomic mass is 32.2. The zero-order valence-corrected chi connectivity index (χ0v) is 11.8. The van der Waals surface area contributed by atoms with Gasteiger partial charge < -0.3 is 14.9 Å². The second-order valence-corrected chi connectivity index (χ2v) is 5.83. The van der Waals surface area contributed by atoms with E-state index in [1.54, 1.807) is 6.07 Å². The molecular weight excluding hydrogens is 272 g/mol. The molecule has 0 atom stereocenters. The van der Waals surface area contributed by atoms with Crippen molar-refractivity contribution in [1.82, 2.24) is 0 Å². The van der Waals surface area contributed by atoms with Gasteiger partial charge >= 0.3 is 0 Å². The number of benzene rings is 2. The van der Waals surface area contributed by atoms with Crippen LogP contribution in [-0.2, 0) is 13.0 Å². The summed E-state index contributed by atoms with van der Waals surface area (Å²) in [7, 11) is 0. The van der Waals surface area contributed by atoms with Crippen LogP contribution in [0.5, 0.6) is 11.5 Å². The third-order valence-electron chi connectivity index (χ3n) is 3.35. The average molecular weight is 288 g/mol. The van der Waals surface area contributed by atoms with Gasteiger partial charge in [0.05, 0.1) is 18.1 Å². The predicted molar refractivity (Wildman–Crippen MR) is 78.4 cm³/mol. The molecule has 2 N–H and O–H groups in total. The van der Waals surface area contributed by atoms with Gasteiger partial charge in [-0.3, -0.25) is 0 Å². The molecule has 3 rings (SSSR count). The molecule has 0 bridgehead atoms. The van der Waals surface area contributed by atoms with Crippen molar-refractivity contribution < 1.29 is 14.9 Å². The lowest BCUT2D eigenvalue weighted by atomic mass is 10.1. The Kier molecular flexibility index (Phi) is 3.85. The average Bonchev–Trinajstić information content (AvgIpc) is 2.48. The summed E-state index contributed by atoms with van der Waals surface area (Å²) in [5.41, 5.74) is 1.92. The number of aromatic hydroxyl groups is 1. The van der Waals surface area contributed by atoms with Crippen LogP contribution in [0.1, 0.15) is 17.5 Å². The first-order chi connectivity index (χ1) is 9.78. The van der Waals surface area contributed by atoms with Gasteiger partial charge in [0.15, 0.2) is 0 Å². The van der Waals surface area contributed by atoms with Gasteiger partial charge in [-0.25, -0.2) is 0 Å². The number of phenols is 1. The lowest BCUT2D eigenvalue weighted by Gasteiger charge is -2.19. The van der Waals surface area contributed by atoms with Crippen LogP contribution >= 0.6 is 11.8 Å². The Bertz CT molecular complexity index is 625. The molecule has 0 amide bonds. The van der Waals surface area contributed by atoms with Gasteiger partial charge in [0, 0.05) is 4.90 Å². The Balaban J connectivity index is 1.94. The molecule has 0 radical (unpaired) electrons. The Labute approximate surface area is 122 Å². The molecule has 0 unspecified atom stereocenters. The van der Waals surface area contributed by atoms with E-state index in [1.165, 1.54) is 11.8 Å². The summed E-state index contributed by atoms with van der Waals surface area (Å²) in [4.78, 5) is 1.70. The molecule has 3 nitrogen and oxygen atoms in total. The number of fused-ring (bicyclic) bond motifs is 1. The van der Waals surface area contributed by atoms with Gasteiger partial charge in [-0.15, -0.1) is 0 Å². The molecule has 1 aliphatic heterocycles. The maximum absolute atomic E-state index is 10.2. The molecule has 0 spiro atoms. The third kappa shape index (κ3) is 2.62. The first-order valence-corrected chi connectivity index (χ1v) is 7.45. The summed E-state index contributed by atoms with van der Waals surface area (Å²) in [5.74, 6) is 1.13. The van der Waals surface area contributed by atoms with Crippen molar-refractivity contribution >= 4 is 11.8 Å². The first-order valence-electron chi connectivity index (χ1n) is 6.63. The maximum Gasteiger partial charge on any atom is 0.130 e. The van der Waals surface area contributed by atoms with Crippen molar-refractivity contribution in [3.63, 3.8) is 0 Å².